The number of hydrogen-bond acceptors (Lipinski definition) is 5. The van der Waals surface area contributed by atoms with Crippen LogP contribution in [0.3, 0.4) is 0 Å². The summed E-state index contributed by atoms with van der Waals surface area (Å²) in [6.45, 7) is 6.14. The lowest BCUT2D eigenvalue weighted by molar-refractivity contribution is -0.132. The first-order valence-corrected chi connectivity index (χ1v) is 10.3. The van der Waals surface area contributed by atoms with Crippen molar-refractivity contribution in [3.05, 3.63) is 41.3 Å². The smallest absolute Gasteiger partial charge is 0.235 e. The second-order valence-electron chi connectivity index (χ2n) is 6.29. The van der Waals surface area contributed by atoms with E-state index in [1.165, 1.54) is 5.56 Å². The molecule has 3 rings (SSSR count). The molecule has 6 nitrogen and oxygen atoms in total. The van der Waals surface area contributed by atoms with E-state index in [0.29, 0.717) is 43.6 Å². The second kappa shape index (κ2) is 8.60. The summed E-state index contributed by atoms with van der Waals surface area (Å²) in [4.78, 5) is 18.4. The molecule has 0 N–H and O–H groups in total. The first-order valence-electron chi connectivity index (χ1n) is 8.83. The van der Waals surface area contributed by atoms with Crippen LogP contribution < -0.4 is 0 Å². The van der Waals surface area contributed by atoms with Crippen LogP contribution >= 0.6 is 0 Å². The molecule has 0 unspecified atom stereocenters. The number of oxazole rings is 1. The molecule has 140 valence electrons. The zero-order chi connectivity index (χ0) is 18.5. The molecule has 0 radical (unpaired) electrons. The van der Waals surface area contributed by atoms with E-state index in [2.05, 4.69) is 11.9 Å². The Morgan fingerprint density at radius 2 is 1.92 bits per heavy atom. The fraction of sp³-hybridized carbons (Fsp3) is 0.474. The van der Waals surface area contributed by atoms with Crippen molar-refractivity contribution < 1.29 is 18.2 Å². The maximum atomic E-state index is 12.4. The van der Waals surface area contributed by atoms with E-state index in [-0.39, 0.29) is 17.4 Å². The maximum absolute atomic E-state index is 12.4. The normalized spacial score (nSPS) is 15.8. The molecule has 0 spiro atoms. The largest absolute Gasteiger partial charge is 0.441 e. The first-order chi connectivity index (χ1) is 12.6. The molecule has 0 bridgehead atoms. The molecule has 26 heavy (non-hydrogen) atoms. The topological polar surface area (TPSA) is 72.6 Å². The summed E-state index contributed by atoms with van der Waals surface area (Å²) in [5.41, 5.74) is 2.79. The SMILES string of the molecule is CCc1ccc(-c2nc(C[S@](=O)CC(=O)N3CCOCC3)c(C)o2)cc1. The minimum Gasteiger partial charge on any atom is -0.441 e. The van der Waals surface area contributed by atoms with Crippen LogP contribution in [0.15, 0.2) is 28.7 Å². The minimum atomic E-state index is -1.32. The third-order valence-corrected chi connectivity index (χ3v) is 5.61. The van der Waals surface area contributed by atoms with Crippen LogP contribution in [-0.2, 0) is 32.5 Å². The highest BCUT2D eigenvalue weighted by Crippen LogP contribution is 2.23. The number of morpholine rings is 1. The number of carbonyl (C=O) groups excluding carboxylic acids is 1. The van der Waals surface area contributed by atoms with Gasteiger partial charge in [0.05, 0.1) is 24.7 Å². The van der Waals surface area contributed by atoms with Gasteiger partial charge in [-0.15, -0.1) is 0 Å². The van der Waals surface area contributed by atoms with Gasteiger partial charge in [0.1, 0.15) is 11.5 Å². The van der Waals surface area contributed by atoms with Gasteiger partial charge in [-0.2, -0.15) is 0 Å². The third kappa shape index (κ3) is 4.59. The van der Waals surface area contributed by atoms with Gasteiger partial charge in [0.15, 0.2) is 0 Å². The minimum absolute atomic E-state index is 0.00678. The Bertz CT molecular complexity index is 779. The Kier molecular flexibility index (Phi) is 6.21. The van der Waals surface area contributed by atoms with Crippen LogP contribution in [0, 0.1) is 6.92 Å². The molecule has 1 amide bonds. The van der Waals surface area contributed by atoms with Crippen molar-refractivity contribution in [2.45, 2.75) is 26.0 Å². The predicted molar refractivity (Wildman–Crippen MR) is 100 cm³/mol. The molecule has 2 aromatic rings. The highest BCUT2D eigenvalue weighted by molar-refractivity contribution is 7.84. The number of amides is 1. The standard InChI is InChI=1S/C19H24N2O4S/c1-3-15-4-6-16(7-5-15)19-20-17(14(2)25-19)12-26(23)13-18(22)21-8-10-24-11-9-21/h4-7H,3,8-13H2,1-2H3/t26-/m0/s1. The highest BCUT2D eigenvalue weighted by atomic mass is 32.2. The number of carbonyl (C=O) groups is 1. The summed E-state index contributed by atoms with van der Waals surface area (Å²) < 4.78 is 23.4. The average molecular weight is 376 g/mol. The summed E-state index contributed by atoms with van der Waals surface area (Å²) in [6, 6.07) is 8.06. The Balaban J connectivity index is 1.63. The molecule has 1 aliphatic rings. The molecule has 1 fully saturated rings. The molecule has 0 aliphatic carbocycles. The van der Waals surface area contributed by atoms with Gasteiger partial charge >= 0.3 is 0 Å². The number of benzene rings is 1. The van der Waals surface area contributed by atoms with E-state index in [0.717, 1.165) is 12.0 Å². The first kappa shape index (κ1) is 18.8. The molecular formula is C19H24N2O4S. The van der Waals surface area contributed by atoms with Crippen LogP contribution in [0.2, 0.25) is 0 Å². The van der Waals surface area contributed by atoms with Crippen molar-refractivity contribution in [3.8, 4) is 11.5 Å². The van der Waals surface area contributed by atoms with Crippen molar-refractivity contribution in [3.63, 3.8) is 0 Å². The molecule has 1 atom stereocenters. The second-order valence-corrected chi connectivity index (χ2v) is 7.75. The zero-order valence-electron chi connectivity index (χ0n) is 15.2. The number of aromatic nitrogens is 1. The van der Waals surface area contributed by atoms with Gasteiger partial charge in [-0.3, -0.25) is 9.00 Å². The average Bonchev–Trinajstić information content (AvgIpc) is 3.02. The summed E-state index contributed by atoms with van der Waals surface area (Å²) >= 11 is 0. The number of rotatable bonds is 6. The van der Waals surface area contributed by atoms with Gasteiger partial charge in [0, 0.05) is 29.5 Å². The van der Waals surface area contributed by atoms with E-state index < -0.39 is 10.8 Å². The summed E-state index contributed by atoms with van der Waals surface area (Å²) in [7, 11) is -1.32. The van der Waals surface area contributed by atoms with E-state index in [9.17, 15) is 9.00 Å². The van der Waals surface area contributed by atoms with Crippen molar-refractivity contribution in [1.29, 1.82) is 0 Å². The predicted octanol–water partition coefficient (Wildman–Crippen LogP) is 2.32. The van der Waals surface area contributed by atoms with Gasteiger partial charge < -0.3 is 14.1 Å². The lowest BCUT2D eigenvalue weighted by atomic mass is 10.1. The molecule has 1 aromatic carbocycles. The van der Waals surface area contributed by atoms with E-state index in [4.69, 9.17) is 9.15 Å². The van der Waals surface area contributed by atoms with Gasteiger partial charge in [-0.1, -0.05) is 19.1 Å². The van der Waals surface area contributed by atoms with Crippen molar-refractivity contribution in [2.75, 3.05) is 32.1 Å². The molecule has 2 heterocycles. The summed E-state index contributed by atoms with van der Waals surface area (Å²) in [6.07, 6.45) is 0.978. The molecular weight excluding hydrogens is 352 g/mol. The van der Waals surface area contributed by atoms with Gasteiger partial charge in [-0.25, -0.2) is 4.98 Å². The Morgan fingerprint density at radius 1 is 1.23 bits per heavy atom. The molecule has 1 aliphatic heterocycles. The number of hydrogen-bond donors (Lipinski definition) is 0. The van der Waals surface area contributed by atoms with Crippen molar-refractivity contribution in [2.24, 2.45) is 0 Å². The highest BCUT2D eigenvalue weighted by Gasteiger charge is 2.21. The van der Waals surface area contributed by atoms with Gasteiger partial charge in [0.2, 0.25) is 11.8 Å². The fourth-order valence-electron chi connectivity index (χ4n) is 2.81. The lowest BCUT2D eigenvalue weighted by Crippen LogP contribution is -2.42. The van der Waals surface area contributed by atoms with Crippen molar-refractivity contribution in [1.82, 2.24) is 9.88 Å². The Morgan fingerprint density at radius 3 is 2.58 bits per heavy atom. The number of nitrogens with zero attached hydrogens (tertiary/aromatic N) is 2. The number of ether oxygens (including phenoxy) is 1. The molecule has 0 saturated carbocycles. The van der Waals surface area contributed by atoms with Crippen LogP contribution in [0.25, 0.3) is 11.5 Å². The Labute approximate surface area is 156 Å². The maximum Gasteiger partial charge on any atom is 0.235 e. The monoisotopic (exact) mass is 376 g/mol. The lowest BCUT2D eigenvalue weighted by Gasteiger charge is -2.26. The van der Waals surface area contributed by atoms with Crippen molar-refractivity contribution >= 4 is 16.7 Å². The van der Waals surface area contributed by atoms with E-state index >= 15 is 0 Å². The van der Waals surface area contributed by atoms with Gasteiger partial charge in [-0.05, 0) is 31.0 Å². The van der Waals surface area contributed by atoms with Gasteiger partial charge in [0.25, 0.3) is 0 Å². The van der Waals surface area contributed by atoms with Crippen LogP contribution in [0.4, 0.5) is 0 Å². The molecule has 1 saturated heterocycles. The molecule has 1 aromatic heterocycles. The summed E-state index contributed by atoms with van der Waals surface area (Å²) in [5.74, 6) is 1.30. The Hall–Kier alpha value is -1.99. The van der Waals surface area contributed by atoms with E-state index in [1.807, 2.05) is 31.2 Å². The zero-order valence-corrected chi connectivity index (χ0v) is 16.0. The number of aryl methyl sites for hydroxylation is 2. The van der Waals surface area contributed by atoms with Crippen LogP contribution in [-0.4, -0.2) is 52.1 Å². The van der Waals surface area contributed by atoms with Crippen LogP contribution in [0.1, 0.15) is 23.9 Å². The van der Waals surface area contributed by atoms with E-state index in [1.54, 1.807) is 4.90 Å². The molecule has 7 heteroatoms. The quantitative estimate of drug-likeness (QED) is 0.774. The fourth-order valence-corrected chi connectivity index (χ4v) is 3.95. The van der Waals surface area contributed by atoms with Crippen LogP contribution in [0.5, 0.6) is 0 Å². The third-order valence-electron chi connectivity index (χ3n) is 4.45. The summed E-state index contributed by atoms with van der Waals surface area (Å²) in [5, 5.41) is 0.